The highest BCUT2D eigenvalue weighted by Crippen LogP contribution is 2.43. The van der Waals surface area contributed by atoms with Crippen molar-refractivity contribution < 1.29 is 24.2 Å². The van der Waals surface area contributed by atoms with Crippen LogP contribution < -0.4 is 19.3 Å². The molecule has 1 amide bonds. The van der Waals surface area contributed by atoms with Gasteiger partial charge in [-0.15, -0.1) is 0 Å². The molecule has 0 spiro atoms. The van der Waals surface area contributed by atoms with E-state index in [0.717, 1.165) is 5.69 Å². The Labute approximate surface area is 217 Å². The van der Waals surface area contributed by atoms with Crippen molar-refractivity contribution >= 4 is 28.8 Å². The van der Waals surface area contributed by atoms with E-state index in [1.165, 1.54) is 4.90 Å². The third kappa shape index (κ3) is 5.31. The highest BCUT2D eigenvalue weighted by molar-refractivity contribution is 6.51. The largest absolute Gasteiger partial charge is 0.507 e. The van der Waals surface area contributed by atoms with Crippen LogP contribution in [0.25, 0.3) is 5.76 Å². The van der Waals surface area contributed by atoms with Gasteiger partial charge in [0.05, 0.1) is 24.3 Å². The maximum absolute atomic E-state index is 13.4. The van der Waals surface area contributed by atoms with E-state index in [0.29, 0.717) is 34.9 Å². The molecular formula is C30H32N2O5. The summed E-state index contributed by atoms with van der Waals surface area (Å²) in [6.45, 7) is 6.25. The summed E-state index contributed by atoms with van der Waals surface area (Å²) in [4.78, 5) is 30.2. The van der Waals surface area contributed by atoms with Crippen LogP contribution in [0.4, 0.5) is 11.4 Å². The van der Waals surface area contributed by atoms with Gasteiger partial charge in [-0.1, -0.05) is 12.1 Å². The van der Waals surface area contributed by atoms with Crippen molar-refractivity contribution in [2.45, 2.75) is 32.9 Å². The maximum Gasteiger partial charge on any atom is 0.300 e. The summed E-state index contributed by atoms with van der Waals surface area (Å²) in [5.74, 6) is -0.430. The van der Waals surface area contributed by atoms with Crippen LogP contribution >= 0.6 is 0 Å². The van der Waals surface area contributed by atoms with Crippen molar-refractivity contribution in [2.75, 3.05) is 30.5 Å². The Morgan fingerprint density at radius 1 is 0.973 bits per heavy atom. The van der Waals surface area contributed by atoms with Crippen molar-refractivity contribution in [2.24, 2.45) is 0 Å². The molecule has 192 valence electrons. The Morgan fingerprint density at radius 3 is 2.24 bits per heavy atom. The van der Waals surface area contributed by atoms with Crippen LogP contribution in [0.15, 0.2) is 78.4 Å². The van der Waals surface area contributed by atoms with Gasteiger partial charge in [-0.2, -0.15) is 0 Å². The molecule has 3 aromatic carbocycles. The third-order valence-electron chi connectivity index (χ3n) is 6.07. The topological polar surface area (TPSA) is 79.3 Å². The Balaban J connectivity index is 1.87. The SMILES string of the molecule is CCOc1ccc(/C(O)=C2/C(=O)C(=O)N(c3ccc(N(C)C)cc3)C2c2cccc(OC(C)C)c2)cc1. The van der Waals surface area contributed by atoms with E-state index >= 15 is 0 Å². The van der Waals surface area contributed by atoms with Crippen LogP contribution in [0, 0.1) is 0 Å². The predicted octanol–water partition coefficient (Wildman–Crippen LogP) is 5.56. The first-order valence-electron chi connectivity index (χ1n) is 12.3. The summed E-state index contributed by atoms with van der Waals surface area (Å²) in [7, 11) is 3.86. The van der Waals surface area contributed by atoms with Gasteiger partial charge < -0.3 is 19.5 Å². The van der Waals surface area contributed by atoms with Gasteiger partial charge in [0.25, 0.3) is 11.7 Å². The van der Waals surface area contributed by atoms with Gasteiger partial charge in [0.1, 0.15) is 17.3 Å². The number of rotatable bonds is 8. The van der Waals surface area contributed by atoms with Crippen LogP contribution in [0.5, 0.6) is 11.5 Å². The molecule has 1 heterocycles. The molecule has 0 radical (unpaired) electrons. The molecule has 1 unspecified atom stereocenters. The van der Waals surface area contributed by atoms with Gasteiger partial charge in [-0.3, -0.25) is 14.5 Å². The number of hydrogen-bond donors (Lipinski definition) is 1. The molecular weight excluding hydrogens is 468 g/mol. The minimum atomic E-state index is -0.840. The van der Waals surface area contributed by atoms with Gasteiger partial charge in [0.2, 0.25) is 0 Å². The van der Waals surface area contributed by atoms with Gasteiger partial charge in [0, 0.05) is 31.0 Å². The van der Waals surface area contributed by atoms with Crippen LogP contribution in [-0.4, -0.2) is 43.6 Å². The molecule has 0 aromatic heterocycles. The number of Topliss-reactive ketones (excluding diaryl/α,β-unsaturated/α-hetero) is 1. The van der Waals surface area contributed by atoms with Gasteiger partial charge in [-0.05, 0) is 87.0 Å². The molecule has 0 saturated carbocycles. The lowest BCUT2D eigenvalue weighted by Crippen LogP contribution is -2.29. The number of amides is 1. The minimum Gasteiger partial charge on any atom is -0.507 e. The van der Waals surface area contributed by atoms with Crippen LogP contribution in [0.2, 0.25) is 0 Å². The second-order valence-electron chi connectivity index (χ2n) is 9.28. The third-order valence-corrected chi connectivity index (χ3v) is 6.07. The lowest BCUT2D eigenvalue weighted by atomic mass is 9.95. The number of aliphatic hydroxyl groups is 1. The molecule has 1 aliphatic rings. The molecule has 0 aliphatic carbocycles. The first kappa shape index (κ1) is 25.8. The van der Waals surface area contributed by atoms with E-state index in [4.69, 9.17) is 9.47 Å². The van der Waals surface area contributed by atoms with Crippen molar-refractivity contribution in [3.05, 3.63) is 89.5 Å². The fourth-order valence-electron chi connectivity index (χ4n) is 4.39. The number of carbonyl (C=O) groups is 2. The highest BCUT2D eigenvalue weighted by Gasteiger charge is 2.47. The van der Waals surface area contributed by atoms with Gasteiger partial charge in [-0.25, -0.2) is 0 Å². The molecule has 0 bridgehead atoms. The molecule has 1 N–H and O–H groups in total. The molecule has 4 rings (SSSR count). The van der Waals surface area contributed by atoms with Crippen LogP contribution in [-0.2, 0) is 9.59 Å². The summed E-state index contributed by atoms with van der Waals surface area (Å²) in [5, 5.41) is 11.4. The van der Waals surface area contributed by atoms with Crippen LogP contribution in [0.3, 0.4) is 0 Å². The van der Waals surface area contributed by atoms with E-state index in [9.17, 15) is 14.7 Å². The zero-order valence-electron chi connectivity index (χ0n) is 21.8. The average Bonchev–Trinajstić information content (AvgIpc) is 3.14. The fourth-order valence-corrected chi connectivity index (χ4v) is 4.39. The summed E-state index contributed by atoms with van der Waals surface area (Å²) in [6, 6.07) is 20.6. The van der Waals surface area contributed by atoms with E-state index in [2.05, 4.69) is 0 Å². The standard InChI is InChI=1S/C30H32N2O5/c1-6-36-24-16-10-20(11-17-24)28(33)26-27(21-8-7-9-25(18-21)37-19(2)3)32(30(35)29(26)34)23-14-12-22(13-15-23)31(4)5/h7-19,27,33H,6H2,1-5H3/b28-26-. The Hall–Kier alpha value is -4.26. The van der Waals surface area contributed by atoms with Gasteiger partial charge in [0.15, 0.2) is 0 Å². The molecule has 7 heteroatoms. The Kier molecular flexibility index (Phi) is 7.53. The summed E-state index contributed by atoms with van der Waals surface area (Å²) in [6.07, 6.45) is -0.0518. The molecule has 1 saturated heterocycles. The van der Waals surface area contributed by atoms with E-state index in [1.807, 2.05) is 76.2 Å². The highest BCUT2D eigenvalue weighted by atomic mass is 16.5. The molecule has 1 atom stereocenters. The van der Waals surface area contributed by atoms with E-state index < -0.39 is 17.7 Å². The number of ketones is 1. The zero-order valence-corrected chi connectivity index (χ0v) is 21.8. The lowest BCUT2D eigenvalue weighted by Gasteiger charge is -2.26. The number of hydrogen-bond acceptors (Lipinski definition) is 6. The number of ether oxygens (including phenoxy) is 2. The van der Waals surface area contributed by atoms with Crippen LogP contribution in [0.1, 0.15) is 37.9 Å². The molecule has 7 nitrogen and oxygen atoms in total. The van der Waals surface area contributed by atoms with Gasteiger partial charge >= 0.3 is 0 Å². The smallest absolute Gasteiger partial charge is 0.300 e. The number of nitrogens with zero attached hydrogens (tertiary/aromatic N) is 2. The number of anilines is 2. The summed E-state index contributed by atoms with van der Waals surface area (Å²) >= 11 is 0. The number of aliphatic hydroxyl groups excluding tert-OH is 1. The maximum atomic E-state index is 13.4. The van der Waals surface area contributed by atoms with E-state index in [1.54, 1.807) is 36.4 Å². The predicted molar refractivity (Wildman–Crippen MR) is 145 cm³/mol. The molecule has 3 aromatic rings. The first-order valence-corrected chi connectivity index (χ1v) is 12.3. The summed E-state index contributed by atoms with van der Waals surface area (Å²) < 4.78 is 11.4. The monoisotopic (exact) mass is 500 g/mol. The number of carbonyl (C=O) groups excluding carboxylic acids is 2. The normalized spacial score (nSPS) is 16.8. The lowest BCUT2D eigenvalue weighted by molar-refractivity contribution is -0.132. The van der Waals surface area contributed by atoms with Crippen molar-refractivity contribution in [1.29, 1.82) is 0 Å². The van der Waals surface area contributed by atoms with Crippen molar-refractivity contribution in [3.63, 3.8) is 0 Å². The summed E-state index contributed by atoms with van der Waals surface area (Å²) in [5.41, 5.74) is 2.61. The van der Waals surface area contributed by atoms with E-state index in [-0.39, 0.29) is 17.4 Å². The zero-order chi connectivity index (χ0) is 26.7. The fraction of sp³-hybridized carbons (Fsp3) is 0.267. The quantitative estimate of drug-likeness (QED) is 0.248. The molecule has 1 aliphatic heterocycles. The van der Waals surface area contributed by atoms with Crippen molar-refractivity contribution in [1.82, 2.24) is 0 Å². The van der Waals surface area contributed by atoms with Crippen molar-refractivity contribution in [3.8, 4) is 11.5 Å². The Bertz CT molecular complexity index is 1310. The minimum absolute atomic E-state index is 0.0209. The average molecular weight is 501 g/mol. The first-order chi connectivity index (χ1) is 17.7. The molecule has 1 fully saturated rings. The second kappa shape index (κ2) is 10.8. The second-order valence-corrected chi connectivity index (χ2v) is 9.28. The molecule has 37 heavy (non-hydrogen) atoms. The number of benzene rings is 3. The Morgan fingerprint density at radius 2 is 1.65 bits per heavy atom.